The van der Waals surface area contributed by atoms with E-state index in [9.17, 15) is 14.0 Å². The number of hydrogen-bond donors (Lipinski definition) is 1. The zero-order valence-corrected chi connectivity index (χ0v) is 13.5. The number of amides is 2. The zero-order chi connectivity index (χ0) is 17.0. The smallest absolute Gasteiger partial charge is 0.244 e. The van der Waals surface area contributed by atoms with Crippen molar-refractivity contribution in [1.82, 2.24) is 0 Å². The first-order valence-electron chi connectivity index (χ1n) is 6.96. The molecule has 2 amide bonds. The molecule has 0 spiro atoms. The van der Waals surface area contributed by atoms with E-state index in [1.165, 1.54) is 24.0 Å². The summed E-state index contributed by atoms with van der Waals surface area (Å²) >= 11 is 5.73. The van der Waals surface area contributed by atoms with Gasteiger partial charge in [-0.1, -0.05) is 29.3 Å². The molecule has 0 bridgehead atoms. The lowest BCUT2D eigenvalue weighted by Crippen LogP contribution is -2.36. The fourth-order valence-electron chi connectivity index (χ4n) is 2.02. The van der Waals surface area contributed by atoms with E-state index in [4.69, 9.17) is 11.6 Å². The number of anilines is 2. The zero-order valence-electron chi connectivity index (χ0n) is 12.8. The van der Waals surface area contributed by atoms with Crippen molar-refractivity contribution in [3.63, 3.8) is 0 Å². The number of carbonyl (C=O) groups excluding carboxylic acids is 2. The van der Waals surface area contributed by atoms with Crippen LogP contribution in [0.1, 0.15) is 12.5 Å². The molecule has 0 saturated carbocycles. The molecule has 2 aromatic carbocycles. The first-order chi connectivity index (χ1) is 10.9. The molecule has 2 rings (SSSR count). The third-order valence-electron chi connectivity index (χ3n) is 3.23. The normalized spacial score (nSPS) is 10.3. The SMILES string of the molecule is CC(=O)N(CC(=O)Nc1ccc(C)cc1)c1ccc(F)c(Cl)c1. The fraction of sp³-hybridized carbons (Fsp3) is 0.176. The third-order valence-corrected chi connectivity index (χ3v) is 3.52. The number of aryl methyl sites for hydroxylation is 1. The Morgan fingerprint density at radius 1 is 1.17 bits per heavy atom. The van der Waals surface area contributed by atoms with Crippen molar-refractivity contribution in [2.24, 2.45) is 0 Å². The number of halogens is 2. The Morgan fingerprint density at radius 2 is 1.83 bits per heavy atom. The Morgan fingerprint density at radius 3 is 2.39 bits per heavy atom. The van der Waals surface area contributed by atoms with Gasteiger partial charge in [0.05, 0.1) is 5.02 Å². The van der Waals surface area contributed by atoms with Crippen LogP contribution in [0.25, 0.3) is 0 Å². The molecular weight excluding hydrogens is 319 g/mol. The van der Waals surface area contributed by atoms with Crippen LogP contribution < -0.4 is 10.2 Å². The Balaban J connectivity index is 2.12. The molecule has 23 heavy (non-hydrogen) atoms. The van der Waals surface area contributed by atoms with Gasteiger partial charge in [0, 0.05) is 18.3 Å². The average molecular weight is 335 g/mol. The highest BCUT2D eigenvalue weighted by molar-refractivity contribution is 6.31. The summed E-state index contributed by atoms with van der Waals surface area (Å²) in [6.07, 6.45) is 0. The molecule has 0 aliphatic carbocycles. The Kier molecular flexibility index (Phi) is 5.34. The quantitative estimate of drug-likeness (QED) is 0.925. The van der Waals surface area contributed by atoms with Crippen LogP contribution >= 0.6 is 11.6 Å². The van der Waals surface area contributed by atoms with E-state index < -0.39 is 5.82 Å². The molecule has 0 heterocycles. The molecule has 6 heteroatoms. The second-order valence-corrected chi connectivity index (χ2v) is 5.52. The number of hydrogen-bond acceptors (Lipinski definition) is 2. The summed E-state index contributed by atoms with van der Waals surface area (Å²) < 4.78 is 13.2. The molecule has 0 aliphatic rings. The molecule has 0 atom stereocenters. The monoisotopic (exact) mass is 334 g/mol. The molecule has 0 aliphatic heterocycles. The van der Waals surface area contributed by atoms with E-state index in [0.29, 0.717) is 11.4 Å². The predicted molar refractivity (Wildman–Crippen MR) is 89.2 cm³/mol. The van der Waals surface area contributed by atoms with Gasteiger partial charge in [-0.3, -0.25) is 9.59 Å². The third kappa shape index (κ3) is 4.53. The summed E-state index contributed by atoms with van der Waals surface area (Å²) in [7, 11) is 0. The lowest BCUT2D eigenvalue weighted by atomic mass is 10.2. The molecule has 1 N–H and O–H groups in total. The minimum atomic E-state index is -0.581. The molecule has 0 unspecified atom stereocenters. The maximum absolute atomic E-state index is 13.2. The van der Waals surface area contributed by atoms with Crippen molar-refractivity contribution in [3.05, 3.63) is 58.9 Å². The summed E-state index contributed by atoms with van der Waals surface area (Å²) in [5, 5.41) is 2.61. The van der Waals surface area contributed by atoms with Crippen molar-refractivity contribution in [1.29, 1.82) is 0 Å². The van der Waals surface area contributed by atoms with E-state index in [-0.39, 0.29) is 23.4 Å². The lowest BCUT2D eigenvalue weighted by Gasteiger charge is -2.21. The van der Waals surface area contributed by atoms with Gasteiger partial charge in [-0.25, -0.2) is 4.39 Å². The summed E-state index contributed by atoms with van der Waals surface area (Å²) in [5.41, 5.74) is 2.08. The van der Waals surface area contributed by atoms with Crippen molar-refractivity contribution >= 4 is 34.8 Å². The maximum atomic E-state index is 13.2. The molecule has 0 saturated heterocycles. The Labute approximate surface area is 138 Å². The van der Waals surface area contributed by atoms with Crippen molar-refractivity contribution in [3.8, 4) is 0 Å². The van der Waals surface area contributed by atoms with Crippen molar-refractivity contribution in [2.45, 2.75) is 13.8 Å². The Bertz CT molecular complexity index is 732. The molecule has 0 aromatic heterocycles. The second-order valence-electron chi connectivity index (χ2n) is 5.12. The second kappa shape index (κ2) is 7.24. The van der Waals surface area contributed by atoms with Crippen molar-refractivity contribution < 1.29 is 14.0 Å². The van der Waals surface area contributed by atoms with Crippen LogP contribution in [0, 0.1) is 12.7 Å². The highest BCUT2D eigenvalue weighted by Gasteiger charge is 2.17. The first kappa shape index (κ1) is 17.0. The minimum absolute atomic E-state index is 0.104. The van der Waals surface area contributed by atoms with Gasteiger partial charge < -0.3 is 10.2 Å². The highest BCUT2D eigenvalue weighted by Crippen LogP contribution is 2.23. The molecular formula is C17H16ClFN2O2. The highest BCUT2D eigenvalue weighted by atomic mass is 35.5. The van der Waals surface area contributed by atoms with Crippen LogP contribution in [0.15, 0.2) is 42.5 Å². The van der Waals surface area contributed by atoms with Crippen molar-refractivity contribution in [2.75, 3.05) is 16.8 Å². The summed E-state index contributed by atoms with van der Waals surface area (Å²) in [6.45, 7) is 3.09. The first-order valence-corrected chi connectivity index (χ1v) is 7.34. The summed E-state index contributed by atoms with van der Waals surface area (Å²) in [4.78, 5) is 25.1. The maximum Gasteiger partial charge on any atom is 0.244 e. The topological polar surface area (TPSA) is 49.4 Å². The standard InChI is InChI=1S/C17H16ClFN2O2/c1-11-3-5-13(6-4-11)20-17(23)10-21(12(2)22)14-7-8-16(19)15(18)9-14/h3-9H,10H2,1-2H3,(H,20,23). The van der Waals surface area contributed by atoms with Gasteiger partial charge in [-0.05, 0) is 37.3 Å². The van der Waals surface area contributed by atoms with Crippen LogP contribution in [0.4, 0.5) is 15.8 Å². The van der Waals surface area contributed by atoms with E-state index in [2.05, 4.69) is 5.32 Å². The minimum Gasteiger partial charge on any atom is -0.325 e. The van der Waals surface area contributed by atoms with Gasteiger partial charge >= 0.3 is 0 Å². The lowest BCUT2D eigenvalue weighted by molar-refractivity contribution is -0.120. The average Bonchev–Trinajstić information content (AvgIpc) is 2.50. The fourth-order valence-corrected chi connectivity index (χ4v) is 2.19. The van der Waals surface area contributed by atoms with E-state index >= 15 is 0 Å². The van der Waals surface area contributed by atoms with Crippen LogP contribution in [0.3, 0.4) is 0 Å². The van der Waals surface area contributed by atoms with Gasteiger partial charge in [0.15, 0.2) is 0 Å². The van der Waals surface area contributed by atoms with Crippen LogP contribution in [0.2, 0.25) is 5.02 Å². The molecule has 0 radical (unpaired) electrons. The predicted octanol–water partition coefficient (Wildman–Crippen LogP) is 3.78. The van der Waals surface area contributed by atoms with Crippen LogP contribution in [-0.4, -0.2) is 18.4 Å². The van der Waals surface area contributed by atoms with E-state index in [0.717, 1.165) is 11.6 Å². The molecule has 0 fully saturated rings. The van der Waals surface area contributed by atoms with Gasteiger partial charge in [0.25, 0.3) is 0 Å². The number of nitrogens with one attached hydrogen (secondary N) is 1. The molecule has 4 nitrogen and oxygen atoms in total. The van der Waals surface area contributed by atoms with E-state index in [1.807, 2.05) is 19.1 Å². The summed E-state index contributed by atoms with van der Waals surface area (Å²) in [5.74, 6) is -1.28. The number of rotatable bonds is 4. The Hall–Kier alpha value is -2.40. The largest absolute Gasteiger partial charge is 0.325 e. The van der Waals surface area contributed by atoms with Crippen LogP contribution in [-0.2, 0) is 9.59 Å². The van der Waals surface area contributed by atoms with Gasteiger partial charge in [0.1, 0.15) is 12.4 Å². The summed E-state index contributed by atoms with van der Waals surface area (Å²) in [6, 6.07) is 11.2. The number of carbonyl (C=O) groups is 2. The number of benzene rings is 2. The number of nitrogens with zero attached hydrogens (tertiary/aromatic N) is 1. The van der Waals surface area contributed by atoms with E-state index in [1.54, 1.807) is 12.1 Å². The molecule has 2 aromatic rings. The molecule has 120 valence electrons. The van der Waals surface area contributed by atoms with Gasteiger partial charge in [-0.2, -0.15) is 0 Å². The van der Waals surface area contributed by atoms with Gasteiger partial charge in [0.2, 0.25) is 11.8 Å². The van der Waals surface area contributed by atoms with Crippen LogP contribution in [0.5, 0.6) is 0 Å². The van der Waals surface area contributed by atoms with Gasteiger partial charge in [-0.15, -0.1) is 0 Å².